The van der Waals surface area contributed by atoms with Gasteiger partial charge in [-0.1, -0.05) is 0 Å². The fourth-order valence-corrected chi connectivity index (χ4v) is 3.17. The van der Waals surface area contributed by atoms with E-state index in [0.29, 0.717) is 0 Å². The van der Waals surface area contributed by atoms with Gasteiger partial charge in [0.1, 0.15) is 0 Å². The Bertz CT molecular complexity index is 126. The second kappa shape index (κ2) is 5.23. The lowest BCUT2D eigenvalue weighted by Crippen LogP contribution is -2.43. The number of hydrogen-bond acceptors (Lipinski definition) is 3. The lowest BCUT2D eigenvalue weighted by molar-refractivity contribution is 0.0745. The molecule has 2 nitrogen and oxygen atoms in total. The van der Waals surface area contributed by atoms with Crippen molar-refractivity contribution >= 4 is 11.8 Å². The van der Waals surface area contributed by atoms with Crippen LogP contribution in [0.5, 0.6) is 0 Å². The maximum atomic E-state index is 5.34. The average molecular weight is 201 g/mol. The lowest BCUT2D eigenvalue weighted by Gasteiger charge is -2.30. The fraction of sp³-hybridized carbons (Fsp3) is 1.00. The summed E-state index contributed by atoms with van der Waals surface area (Å²) >= 11 is 2.10. The van der Waals surface area contributed by atoms with E-state index in [-0.39, 0.29) is 0 Å². The highest BCUT2D eigenvalue weighted by Crippen LogP contribution is 2.18. The zero-order valence-corrected chi connectivity index (χ0v) is 8.94. The topological polar surface area (TPSA) is 21.3 Å². The van der Waals surface area contributed by atoms with Crippen LogP contribution in [0.25, 0.3) is 0 Å². The molecule has 0 unspecified atom stereocenters. The summed E-state index contributed by atoms with van der Waals surface area (Å²) in [7, 11) is 0. The first-order valence-corrected chi connectivity index (χ1v) is 6.52. The van der Waals surface area contributed by atoms with Gasteiger partial charge in [0.05, 0.1) is 0 Å². The second-order valence-electron chi connectivity index (χ2n) is 3.94. The molecule has 2 rings (SSSR count). The molecule has 1 N–H and O–H groups in total. The van der Waals surface area contributed by atoms with Crippen LogP contribution in [0, 0.1) is 0 Å². The molecule has 13 heavy (non-hydrogen) atoms. The third-order valence-electron chi connectivity index (χ3n) is 2.91. The summed E-state index contributed by atoms with van der Waals surface area (Å²) in [6.07, 6.45) is 5.15. The van der Waals surface area contributed by atoms with Crippen molar-refractivity contribution in [2.75, 3.05) is 24.7 Å². The molecule has 2 aliphatic rings. The molecule has 0 radical (unpaired) electrons. The van der Waals surface area contributed by atoms with Crippen LogP contribution in [-0.4, -0.2) is 36.8 Å². The van der Waals surface area contributed by atoms with Crippen LogP contribution in [0.2, 0.25) is 0 Å². The van der Waals surface area contributed by atoms with Crippen molar-refractivity contribution in [2.24, 2.45) is 0 Å². The average Bonchev–Trinajstić information content (AvgIpc) is 2.21. The summed E-state index contributed by atoms with van der Waals surface area (Å²) in [6.45, 7) is 1.91. The second-order valence-corrected chi connectivity index (χ2v) is 5.16. The van der Waals surface area contributed by atoms with Gasteiger partial charge in [-0.15, -0.1) is 0 Å². The molecule has 0 aromatic heterocycles. The molecule has 0 amide bonds. The van der Waals surface area contributed by atoms with Gasteiger partial charge in [-0.2, -0.15) is 11.8 Å². The summed E-state index contributed by atoms with van der Waals surface area (Å²) in [6, 6.07) is 1.53. The fourth-order valence-electron chi connectivity index (χ4n) is 2.06. The summed E-state index contributed by atoms with van der Waals surface area (Å²) in [5.41, 5.74) is 0. The number of hydrogen-bond donors (Lipinski definition) is 1. The molecule has 0 atom stereocenters. The number of nitrogens with one attached hydrogen (secondary N) is 1. The smallest absolute Gasteiger partial charge is 0.0480 e. The largest absolute Gasteiger partial charge is 0.381 e. The van der Waals surface area contributed by atoms with Crippen molar-refractivity contribution in [1.82, 2.24) is 5.32 Å². The number of ether oxygens (including phenoxy) is 1. The Morgan fingerprint density at radius 1 is 0.923 bits per heavy atom. The molecule has 0 aromatic rings. The first kappa shape index (κ1) is 9.81. The van der Waals surface area contributed by atoms with Gasteiger partial charge >= 0.3 is 0 Å². The van der Waals surface area contributed by atoms with Crippen LogP contribution in [-0.2, 0) is 4.74 Å². The monoisotopic (exact) mass is 201 g/mol. The van der Waals surface area contributed by atoms with Crippen LogP contribution < -0.4 is 5.32 Å². The van der Waals surface area contributed by atoms with Crippen molar-refractivity contribution in [1.29, 1.82) is 0 Å². The number of rotatable bonds is 2. The third kappa shape index (κ3) is 3.15. The van der Waals surface area contributed by atoms with Crippen molar-refractivity contribution < 1.29 is 4.74 Å². The van der Waals surface area contributed by atoms with Crippen LogP contribution in [0.15, 0.2) is 0 Å². The Morgan fingerprint density at radius 3 is 2.23 bits per heavy atom. The maximum Gasteiger partial charge on any atom is 0.0480 e. The predicted octanol–water partition coefficient (Wildman–Crippen LogP) is 1.65. The van der Waals surface area contributed by atoms with Crippen molar-refractivity contribution in [3.8, 4) is 0 Å². The van der Waals surface area contributed by atoms with Gasteiger partial charge < -0.3 is 10.1 Å². The summed E-state index contributed by atoms with van der Waals surface area (Å²) in [5.74, 6) is 2.70. The highest BCUT2D eigenvalue weighted by molar-refractivity contribution is 7.99. The lowest BCUT2D eigenvalue weighted by atomic mass is 10.1. The Morgan fingerprint density at radius 2 is 1.54 bits per heavy atom. The molecule has 3 heteroatoms. The molecule has 0 bridgehead atoms. The molecule has 2 fully saturated rings. The van der Waals surface area contributed by atoms with E-state index in [1.165, 1.54) is 37.2 Å². The van der Waals surface area contributed by atoms with Crippen molar-refractivity contribution in [3.05, 3.63) is 0 Å². The van der Waals surface area contributed by atoms with E-state index in [9.17, 15) is 0 Å². The highest BCUT2D eigenvalue weighted by atomic mass is 32.2. The molecule has 0 spiro atoms. The Labute approximate surface area is 84.8 Å². The van der Waals surface area contributed by atoms with Gasteiger partial charge in [0.25, 0.3) is 0 Å². The highest BCUT2D eigenvalue weighted by Gasteiger charge is 2.19. The molecule has 0 aliphatic carbocycles. The van der Waals surface area contributed by atoms with Gasteiger partial charge in [-0.25, -0.2) is 0 Å². The zero-order chi connectivity index (χ0) is 8.93. The molecule has 0 aromatic carbocycles. The minimum atomic E-state index is 0.738. The van der Waals surface area contributed by atoms with Crippen LogP contribution in [0.4, 0.5) is 0 Å². The summed E-state index contributed by atoms with van der Waals surface area (Å²) in [5, 5.41) is 3.76. The van der Waals surface area contributed by atoms with E-state index in [1.807, 2.05) is 0 Å². The van der Waals surface area contributed by atoms with E-state index >= 15 is 0 Å². The molecule has 2 saturated heterocycles. The van der Waals surface area contributed by atoms with E-state index in [4.69, 9.17) is 4.74 Å². The first-order chi connectivity index (χ1) is 6.45. The quantitative estimate of drug-likeness (QED) is 0.734. The first-order valence-electron chi connectivity index (χ1n) is 5.37. The van der Waals surface area contributed by atoms with Gasteiger partial charge in [-0.3, -0.25) is 0 Å². The molecular weight excluding hydrogens is 182 g/mol. The number of thioether (sulfide) groups is 1. The molecule has 2 aliphatic heterocycles. The van der Waals surface area contributed by atoms with E-state index < -0.39 is 0 Å². The van der Waals surface area contributed by atoms with Crippen LogP contribution in [0.1, 0.15) is 25.7 Å². The van der Waals surface area contributed by atoms with E-state index in [0.717, 1.165) is 25.3 Å². The van der Waals surface area contributed by atoms with Crippen molar-refractivity contribution in [2.45, 2.75) is 37.8 Å². The minimum Gasteiger partial charge on any atom is -0.381 e. The Balaban J connectivity index is 1.69. The Kier molecular flexibility index (Phi) is 3.94. The summed E-state index contributed by atoms with van der Waals surface area (Å²) in [4.78, 5) is 0. The van der Waals surface area contributed by atoms with Crippen molar-refractivity contribution in [3.63, 3.8) is 0 Å². The molecule has 0 saturated carbocycles. The van der Waals surface area contributed by atoms with Crippen LogP contribution in [0.3, 0.4) is 0 Å². The molecule has 76 valence electrons. The van der Waals surface area contributed by atoms with Crippen LogP contribution >= 0.6 is 11.8 Å². The van der Waals surface area contributed by atoms with Gasteiger partial charge in [0, 0.05) is 25.3 Å². The maximum absolute atomic E-state index is 5.34. The SMILES string of the molecule is C1CC(NC2CCSCC2)CCO1. The Hall–Kier alpha value is 0.270. The summed E-state index contributed by atoms with van der Waals surface area (Å²) < 4.78 is 5.34. The van der Waals surface area contributed by atoms with Gasteiger partial charge in [0.15, 0.2) is 0 Å². The normalized spacial score (nSPS) is 27.7. The molecular formula is C10H19NOS. The zero-order valence-electron chi connectivity index (χ0n) is 8.13. The van der Waals surface area contributed by atoms with Gasteiger partial charge in [0.2, 0.25) is 0 Å². The standard InChI is InChI=1S/C10H19NOS/c1-5-12-6-2-9(1)11-10-3-7-13-8-4-10/h9-11H,1-8H2. The minimum absolute atomic E-state index is 0.738. The molecule has 2 heterocycles. The van der Waals surface area contributed by atoms with E-state index in [2.05, 4.69) is 17.1 Å². The van der Waals surface area contributed by atoms with Gasteiger partial charge in [-0.05, 0) is 37.2 Å². The predicted molar refractivity (Wildman–Crippen MR) is 57.3 cm³/mol. The van der Waals surface area contributed by atoms with E-state index in [1.54, 1.807) is 0 Å². The third-order valence-corrected chi connectivity index (χ3v) is 3.96.